The van der Waals surface area contributed by atoms with Crippen molar-refractivity contribution in [1.82, 2.24) is 15.5 Å². The molecule has 2 amide bonds. The first kappa shape index (κ1) is 23.5. The van der Waals surface area contributed by atoms with E-state index >= 15 is 0 Å². The Kier molecular flexibility index (Phi) is 6.42. The smallest absolute Gasteiger partial charge is 0.326 e. The number of anilines is 1. The highest BCUT2D eigenvalue weighted by Gasteiger charge is 2.36. The second-order valence-corrected chi connectivity index (χ2v) is 9.12. The van der Waals surface area contributed by atoms with E-state index in [0.717, 1.165) is 46.5 Å². The Bertz CT molecular complexity index is 1400. The van der Waals surface area contributed by atoms with E-state index in [1.165, 1.54) is 11.1 Å². The van der Waals surface area contributed by atoms with Crippen LogP contribution >= 0.6 is 0 Å². The molecule has 4 aromatic rings. The Morgan fingerprint density at radius 3 is 2.08 bits per heavy atom. The third kappa shape index (κ3) is 4.42. The molecule has 1 atom stereocenters. The van der Waals surface area contributed by atoms with Crippen molar-refractivity contribution in [3.63, 3.8) is 0 Å². The number of aryl methyl sites for hydroxylation is 3. The van der Waals surface area contributed by atoms with Crippen molar-refractivity contribution in [3.8, 4) is 11.4 Å². The topological polar surface area (TPSA) is 71.3 Å². The number of nitrogens with zero attached hydrogens (tertiary/aromatic N) is 3. The molecule has 6 heteroatoms. The van der Waals surface area contributed by atoms with E-state index in [-0.39, 0.29) is 6.03 Å². The van der Waals surface area contributed by atoms with E-state index in [1.807, 2.05) is 50.2 Å². The van der Waals surface area contributed by atoms with E-state index in [4.69, 9.17) is 9.51 Å². The highest BCUT2D eigenvalue weighted by Crippen LogP contribution is 2.39. The molecule has 1 N–H and O–H groups in total. The van der Waals surface area contributed by atoms with Crippen molar-refractivity contribution in [3.05, 3.63) is 107 Å². The third-order valence-electron chi connectivity index (χ3n) is 6.78. The van der Waals surface area contributed by atoms with Crippen molar-refractivity contribution in [2.75, 3.05) is 4.90 Å². The number of carbonyl (C=O) groups is 1. The first-order valence-corrected chi connectivity index (χ1v) is 12.4. The van der Waals surface area contributed by atoms with Crippen molar-refractivity contribution < 1.29 is 9.32 Å². The molecule has 0 radical (unpaired) electrons. The number of allylic oxidation sites excluding steroid dienone is 1. The van der Waals surface area contributed by atoms with Gasteiger partial charge in [-0.15, -0.1) is 0 Å². The number of hydrogen-bond acceptors (Lipinski definition) is 4. The lowest BCUT2D eigenvalue weighted by atomic mass is 9.93. The summed E-state index contributed by atoms with van der Waals surface area (Å²) >= 11 is 0. The summed E-state index contributed by atoms with van der Waals surface area (Å²) in [7, 11) is 0. The average Bonchev–Trinajstić information content (AvgIpc) is 3.39. The van der Waals surface area contributed by atoms with Gasteiger partial charge in [0.15, 0.2) is 0 Å². The molecule has 0 saturated heterocycles. The molecular weight excluding hydrogens is 448 g/mol. The molecule has 6 nitrogen and oxygen atoms in total. The first-order chi connectivity index (χ1) is 17.5. The normalized spacial score (nSPS) is 15.8. The molecule has 0 aliphatic carbocycles. The first-order valence-electron chi connectivity index (χ1n) is 12.4. The van der Waals surface area contributed by atoms with Gasteiger partial charge in [-0.3, -0.25) is 4.90 Å². The van der Waals surface area contributed by atoms with Crippen LogP contribution in [0.15, 0.2) is 83.0 Å². The van der Waals surface area contributed by atoms with Crippen LogP contribution in [0.25, 0.3) is 17.0 Å². The highest BCUT2D eigenvalue weighted by atomic mass is 16.5. The highest BCUT2D eigenvalue weighted by molar-refractivity contribution is 6.01. The lowest BCUT2D eigenvalue weighted by Crippen LogP contribution is -2.46. The number of benzene rings is 3. The fourth-order valence-electron chi connectivity index (χ4n) is 4.56. The van der Waals surface area contributed by atoms with Gasteiger partial charge in [-0.05, 0) is 55.5 Å². The summed E-state index contributed by atoms with van der Waals surface area (Å²) in [6.07, 6.45) is 1.92. The zero-order valence-corrected chi connectivity index (χ0v) is 21.1. The van der Waals surface area contributed by atoms with Gasteiger partial charge in [0.2, 0.25) is 5.82 Å². The molecule has 0 bridgehead atoms. The number of urea groups is 1. The molecule has 0 saturated carbocycles. The maximum atomic E-state index is 13.4. The Morgan fingerprint density at radius 2 is 1.47 bits per heavy atom. The summed E-state index contributed by atoms with van der Waals surface area (Å²) in [6, 6.07) is 23.7. The van der Waals surface area contributed by atoms with Crippen LogP contribution in [-0.4, -0.2) is 16.2 Å². The fourth-order valence-corrected chi connectivity index (χ4v) is 4.56. The molecule has 1 aliphatic heterocycles. The van der Waals surface area contributed by atoms with Crippen molar-refractivity contribution >= 4 is 17.3 Å². The van der Waals surface area contributed by atoms with Crippen molar-refractivity contribution in [2.24, 2.45) is 0 Å². The van der Waals surface area contributed by atoms with Gasteiger partial charge in [0.05, 0.1) is 17.3 Å². The zero-order chi connectivity index (χ0) is 25.2. The lowest BCUT2D eigenvalue weighted by molar-refractivity contribution is 0.244. The van der Waals surface area contributed by atoms with Gasteiger partial charge in [0.25, 0.3) is 5.89 Å². The molecule has 2 heterocycles. The number of carbonyl (C=O) groups excluding carboxylic acids is 1. The molecule has 5 rings (SSSR count). The lowest BCUT2D eigenvalue weighted by Gasteiger charge is -2.35. The van der Waals surface area contributed by atoms with Gasteiger partial charge in [0.1, 0.15) is 0 Å². The fraction of sp³-hybridized carbons (Fsp3) is 0.233. The van der Waals surface area contributed by atoms with Gasteiger partial charge in [0, 0.05) is 11.3 Å². The van der Waals surface area contributed by atoms with Gasteiger partial charge in [-0.2, -0.15) is 4.98 Å². The minimum absolute atomic E-state index is 0.195. The minimum Gasteiger partial charge on any atom is -0.334 e. The van der Waals surface area contributed by atoms with Crippen molar-refractivity contribution in [2.45, 2.75) is 46.6 Å². The molecular formula is C30H30N4O2. The van der Waals surface area contributed by atoms with Crippen LogP contribution in [0.1, 0.15) is 55.0 Å². The maximum absolute atomic E-state index is 13.4. The maximum Gasteiger partial charge on any atom is 0.326 e. The summed E-state index contributed by atoms with van der Waals surface area (Å²) in [5.74, 6) is 0.913. The van der Waals surface area contributed by atoms with E-state index < -0.39 is 6.04 Å². The molecule has 0 spiro atoms. The summed E-state index contributed by atoms with van der Waals surface area (Å²) in [5, 5.41) is 7.46. The summed E-state index contributed by atoms with van der Waals surface area (Å²) in [5.41, 5.74) is 7.78. The van der Waals surface area contributed by atoms with E-state index in [0.29, 0.717) is 11.7 Å². The van der Waals surface area contributed by atoms with Gasteiger partial charge in [-0.1, -0.05) is 85.2 Å². The summed E-state index contributed by atoms with van der Waals surface area (Å²) < 4.78 is 5.82. The van der Waals surface area contributed by atoms with Gasteiger partial charge in [-0.25, -0.2) is 4.79 Å². The molecule has 0 fully saturated rings. The average molecular weight is 479 g/mol. The van der Waals surface area contributed by atoms with E-state index in [9.17, 15) is 4.79 Å². The number of aromatic nitrogens is 2. The number of rotatable bonds is 6. The monoisotopic (exact) mass is 478 g/mol. The van der Waals surface area contributed by atoms with Crippen LogP contribution in [0.3, 0.4) is 0 Å². The van der Waals surface area contributed by atoms with Crippen LogP contribution in [0, 0.1) is 6.92 Å². The van der Waals surface area contributed by atoms with Crippen LogP contribution in [-0.2, 0) is 12.8 Å². The predicted molar refractivity (Wildman–Crippen MR) is 142 cm³/mol. The van der Waals surface area contributed by atoms with Gasteiger partial charge >= 0.3 is 6.03 Å². The predicted octanol–water partition coefficient (Wildman–Crippen LogP) is 6.87. The van der Waals surface area contributed by atoms with E-state index in [1.54, 1.807) is 4.90 Å². The second-order valence-electron chi connectivity index (χ2n) is 9.12. The molecule has 182 valence electrons. The van der Waals surface area contributed by atoms with E-state index in [2.05, 4.69) is 60.7 Å². The third-order valence-corrected chi connectivity index (χ3v) is 6.78. The summed E-state index contributed by atoms with van der Waals surface area (Å²) in [6.45, 7) is 8.21. The molecule has 1 aliphatic rings. The molecule has 1 aromatic heterocycles. The number of hydrogen-bond donors (Lipinski definition) is 1. The Morgan fingerprint density at radius 1 is 0.861 bits per heavy atom. The van der Waals surface area contributed by atoms with Crippen LogP contribution < -0.4 is 10.2 Å². The molecule has 1 unspecified atom stereocenters. The zero-order valence-electron chi connectivity index (χ0n) is 21.1. The largest absolute Gasteiger partial charge is 0.334 e. The van der Waals surface area contributed by atoms with Crippen molar-refractivity contribution in [1.29, 1.82) is 0 Å². The SMILES string of the molecule is CCc1ccc(-c2noc(C3=C(C)N(c4ccc(C)cc4)C(=O)NC3c3ccc(CC)cc3)n2)cc1. The minimum atomic E-state index is -0.416. The molecule has 36 heavy (non-hydrogen) atoms. The number of nitrogens with one attached hydrogen (secondary N) is 1. The summed E-state index contributed by atoms with van der Waals surface area (Å²) in [4.78, 5) is 19.8. The van der Waals surface area contributed by atoms with Crippen LogP contribution in [0.2, 0.25) is 0 Å². The Labute approximate surface area is 211 Å². The quantitative estimate of drug-likeness (QED) is 0.328. The molecule has 3 aromatic carbocycles. The Balaban J connectivity index is 1.62. The second kappa shape index (κ2) is 9.82. The van der Waals surface area contributed by atoms with Crippen LogP contribution in [0.4, 0.5) is 10.5 Å². The van der Waals surface area contributed by atoms with Gasteiger partial charge < -0.3 is 9.84 Å². The standard InChI is InChI=1S/C30H30N4O2/c1-5-21-9-13-23(14-10-21)27-26(20(4)34(30(35)31-27)25-17-7-19(3)8-18-25)29-32-28(33-36-29)24-15-11-22(6-2)12-16-24/h7-18,27H,5-6H2,1-4H3,(H,31,35). The number of amides is 2. The van der Waals surface area contributed by atoms with Crippen LogP contribution in [0.5, 0.6) is 0 Å². The Hall–Kier alpha value is -4.19.